The third-order valence-electron chi connectivity index (χ3n) is 13.4. The topological polar surface area (TPSA) is 6.25 Å². The van der Waals surface area contributed by atoms with Gasteiger partial charge in [0.05, 0.1) is 11.0 Å². The Kier molecular flexibility index (Phi) is 11.5. The van der Waals surface area contributed by atoms with Crippen molar-refractivity contribution in [3.8, 4) is 0 Å². The Morgan fingerprint density at radius 1 is 0.587 bits per heavy atom. The van der Waals surface area contributed by atoms with Crippen molar-refractivity contribution >= 4 is 27.9 Å². The number of benzene rings is 7. The summed E-state index contributed by atoms with van der Waals surface area (Å²) in [4.78, 5) is 2.53. The van der Waals surface area contributed by atoms with Gasteiger partial charge in [-0.05, 0) is 101 Å². The lowest BCUT2D eigenvalue weighted by atomic mass is 9.68. The first kappa shape index (κ1) is 41.9. The zero-order chi connectivity index (χ0) is 43.6. The molecule has 316 valence electrons. The molecule has 5 heteroatoms. The molecule has 1 atom stereocenters. The van der Waals surface area contributed by atoms with Crippen molar-refractivity contribution < 1.29 is 17.7 Å². The molecule has 9 rings (SSSR count). The molecule has 63 heavy (non-hydrogen) atoms. The molecule has 0 amide bonds. The second-order valence-corrected chi connectivity index (χ2v) is 17.9. The molecule has 2 aliphatic heterocycles. The summed E-state index contributed by atoms with van der Waals surface area (Å²) in [5, 5.41) is 2.32. The molecule has 0 aliphatic carbocycles. The van der Waals surface area contributed by atoms with Gasteiger partial charge in [-0.15, -0.1) is 0 Å². The van der Waals surface area contributed by atoms with Crippen LogP contribution in [0.2, 0.25) is 0 Å². The monoisotopic (exact) mass is 835 g/mol. The van der Waals surface area contributed by atoms with Crippen LogP contribution in [0.25, 0.3) is 10.8 Å². The number of hydrogen-bond acceptors (Lipinski definition) is 1. The van der Waals surface area contributed by atoms with Crippen LogP contribution in [0.4, 0.5) is 24.5 Å². The fraction of sp³-hybridized carbons (Fsp3) is 0.224. The average molecular weight is 836 g/mol. The highest BCUT2D eigenvalue weighted by atomic mass is 19.4. The summed E-state index contributed by atoms with van der Waals surface area (Å²) < 4.78 is 44.3. The van der Waals surface area contributed by atoms with Crippen LogP contribution in [0.1, 0.15) is 59.2 Å². The van der Waals surface area contributed by atoms with Crippen molar-refractivity contribution in [3.63, 3.8) is 0 Å². The highest BCUT2D eigenvalue weighted by molar-refractivity contribution is 6.04. The number of halogens is 3. The highest BCUT2D eigenvalue weighted by Crippen LogP contribution is 2.55. The third-order valence-corrected chi connectivity index (χ3v) is 13.4. The van der Waals surface area contributed by atoms with Crippen LogP contribution in [0.15, 0.2) is 200 Å². The lowest BCUT2D eigenvalue weighted by Gasteiger charge is -2.35. The van der Waals surface area contributed by atoms with Crippen molar-refractivity contribution in [2.24, 2.45) is 5.92 Å². The fourth-order valence-electron chi connectivity index (χ4n) is 10.5. The Balaban J connectivity index is 1.27. The van der Waals surface area contributed by atoms with E-state index in [0.29, 0.717) is 18.8 Å². The molecule has 2 aliphatic rings. The van der Waals surface area contributed by atoms with Crippen LogP contribution in [0.3, 0.4) is 0 Å². The number of allylic oxidation sites excluding steroid dienone is 4. The Morgan fingerprint density at radius 3 is 1.70 bits per heavy atom. The van der Waals surface area contributed by atoms with E-state index < -0.39 is 17.2 Å². The highest BCUT2D eigenvalue weighted by Gasteiger charge is 2.51. The van der Waals surface area contributed by atoms with Gasteiger partial charge in [0.1, 0.15) is 7.05 Å². The normalized spacial score (nSPS) is 17.6. The number of para-hydroxylation sites is 1. The Bertz CT molecular complexity index is 2760. The summed E-state index contributed by atoms with van der Waals surface area (Å²) in [6, 6.07) is 60.0. The van der Waals surface area contributed by atoms with Crippen molar-refractivity contribution in [1.82, 2.24) is 0 Å². The molecule has 0 N–H and O–H groups in total. The predicted molar refractivity (Wildman–Crippen MR) is 254 cm³/mol. The van der Waals surface area contributed by atoms with Crippen LogP contribution in [0, 0.1) is 5.92 Å². The molecule has 0 fully saturated rings. The molecule has 0 radical (unpaired) electrons. The molecule has 2 nitrogen and oxygen atoms in total. The van der Waals surface area contributed by atoms with Crippen LogP contribution >= 0.6 is 0 Å². The van der Waals surface area contributed by atoms with E-state index in [1.165, 1.54) is 56.7 Å². The smallest absolute Gasteiger partial charge is 0.344 e. The van der Waals surface area contributed by atoms with E-state index in [2.05, 4.69) is 194 Å². The molecule has 7 aromatic carbocycles. The fourth-order valence-corrected chi connectivity index (χ4v) is 10.5. The summed E-state index contributed by atoms with van der Waals surface area (Å²) in [5.74, 6) is 0.461. The van der Waals surface area contributed by atoms with Gasteiger partial charge in [-0.3, -0.25) is 0 Å². The zero-order valence-corrected chi connectivity index (χ0v) is 36.3. The van der Waals surface area contributed by atoms with Crippen molar-refractivity contribution in [2.45, 2.75) is 63.0 Å². The molecular weight excluding hydrogens is 782 g/mol. The lowest BCUT2D eigenvalue weighted by molar-refractivity contribution is -0.401. The van der Waals surface area contributed by atoms with Gasteiger partial charge in [0.15, 0.2) is 5.71 Å². The van der Waals surface area contributed by atoms with E-state index in [1.54, 1.807) is 12.1 Å². The van der Waals surface area contributed by atoms with Gasteiger partial charge in [0.25, 0.3) is 0 Å². The predicted octanol–water partition coefficient (Wildman–Crippen LogP) is 14.0. The standard InChI is InChI=1S/C58H54F3N2/c1-42(2)36-37-63-52-35-32-47-24-13-14-25-49(47)55(52)57(40-45-22-11-6-12-23-45,41-46-30-33-48(34-31-46)58(59,60)61)54(63)29-17-28-53-56(38-43-18-7-4-8-19-43,39-44-20-9-5-10-21-44)50-26-15-16-27-51(50)62(53)3/h4-35,42H,36-41H2,1-3H3/q+1. The SMILES string of the molecule is CC(C)CCN1/C(=C/C=C/C2=[N+](C)c3ccccc3C2(Cc2ccccc2)Cc2ccccc2)C(Cc2ccccc2)(Cc2ccc(C(F)(F)F)cc2)c2c1ccc1ccccc21. The number of nitrogens with zero attached hydrogens (tertiary/aromatic N) is 2. The summed E-state index contributed by atoms with van der Waals surface area (Å²) in [6.45, 7) is 5.34. The van der Waals surface area contributed by atoms with E-state index in [1.807, 2.05) is 6.07 Å². The number of anilines is 1. The van der Waals surface area contributed by atoms with E-state index in [9.17, 15) is 13.2 Å². The van der Waals surface area contributed by atoms with Gasteiger partial charge in [-0.2, -0.15) is 17.7 Å². The molecule has 0 saturated carbocycles. The minimum atomic E-state index is -4.42. The van der Waals surface area contributed by atoms with Crippen molar-refractivity contribution in [3.05, 3.63) is 239 Å². The van der Waals surface area contributed by atoms with Gasteiger partial charge < -0.3 is 4.90 Å². The van der Waals surface area contributed by atoms with Crippen LogP contribution in [-0.4, -0.2) is 23.9 Å². The largest absolute Gasteiger partial charge is 0.416 e. The number of hydrogen-bond donors (Lipinski definition) is 0. The Labute approximate surface area is 370 Å². The number of rotatable bonds is 13. The molecule has 1 unspecified atom stereocenters. The van der Waals surface area contributed by atoms with Crippen molar-refractivity contribution in [2.75, 3.05) is 18.5 Å². The van der Waals surface area contributed by atoms with E-state index >= 15 is 0 Å². The summed E-state index contributed by atoms with van der Waals surface area (Å²) >= 11 is 0. The summed E-state index contributed by atoms with van der Waals surface area (Å²) in [5.41, 5.74) is 10.3. The molecule has 0 saturated heterocycles. The molecule has 0 aromatic heterocycles. The first-order valence-electron chi connectivity index (χ1n) is 22.2. The molecule has 0 spiro atoms. The second-order valence-electron chi connectivity index (χ2n) is 17.9. The van der Waals surface area contributed by atoms with Gasteiger partial charge in [0.2, 0.25) is 5.69 Å². The Morgan fingerprint density at radius 2 is 1.11 bits per heavy atom. The van der Waals surface area contributed by atoms with E-state index in [-0.39, 0.29) is 5.41 Å². The second kappa shape index (κ2) is 17.4. The van der Waals surface area contributed by atoms with Gasteiger partial charge in [-0.25, -0.2) is 0 Å². The minimum absolute atomic E-state index is 0.364. The maximum absolute atomic E-state index is 14.0. The summed E-state index contributed by atoms with van der Waals surface area (Å²) in [6.07, 6.45) is 6.33. The van der Waals surface area contributed by atoms with Crippen LogP contribution in [-0.2, 0) is 42.7 Å². The van der Waals surface area contributed by atoms with Crippen molar-refractivity contribution in [1.29, 1.82) is 0 Å². The van der Waals surface area contributed by atoms with Crippen LogP contribution in [0.5, 0.6) is 0 Å². The molecule has 0 bridgehead atoms. The molecular formula is C58H54F3N2+. The van der Waals surface area contributed by atoms with Gasteiger partial charge in [-0.1, -0.05) is 172 Å². The lowest BCUT2D eigenvalue weighted by Crippen LogP contribution is -2.39. The first-order chi connectivity index (χ1) is 30.6. The maximum atomic E-state index is 14.0. The first-order valence-corrected chi connectivity index (χ1v) is 22.2. The van der Waals surface area contributed by atoms with Gasteiger partial charge >= 0.3 is 6.18 Å². The average Bonchev–Trinajstić information content (AvgIpc) is 3.67. The maximum Gasteiger partial charge on any atom is 0.416 e. The number of alkyl halides is 3. The van der Waals surface area contributed by atoms with Gasteiger partial charge in [0, 0.05) is 41.1 Å². The zero-order valence-electron chi connectivity index (χ0n) is 36.3. The van der Waals surface area contributed by atoms with Crippen LogP contribution < -0.4 is 4.90 Å². The summed E-state index contributed by atoms with van der Waals surface area (Å²) in [7, 11) is 2.19. The minimum Gasteiger partial charge on any atom is -0.344 e. The van der Waals surface area contributed by atoms with E-state index in [4.69, 9.17) is 0 Å². The third kappa shape index (κ3) is 8.18. The molecule has 2 heterocycles. The van der Waals surface area contributed by atoms with E-state index in [0.717, 1.165) is 48.1 Å². The quantitative estimate of drug-likeness (QED) is 0.105. The number of fused-ring (bicyclic) bond motifs is 4. The molecule has 7 aromatic rings. The Hall–Kier alpha value is -6.46.